The number of benzene rings is 1. The third kappa shape index (κ3) is 3.86. The molecular formula is C18H16N4O3S. The largest absolute Gasteiger partial charge is 0.481 e. The minimum Gasteiger partial charge on any atom is -0.481 e. The molecule has 2 aromatic heterocycles. The summed E-state index contributed by atoms with van der Waals surface area (Å²) in [6, 6.07) is 12.7. The lowest BCUT2D eigenvalue weighted by molar-refractivity contribution is 0.0848. The van der Waals surface area contributed by atoms with Gasteiger partial charge in [-0.15, -0.1) is 11.3 Å². The number of carbonyl (C=O) groups is 2. The third-order valence-electron chi connectivity index (χ3n) is 3.52. The number of aryl methyl sites for hydroxylation is 1. The molecule has 132 valence electrons. The van der Waals surface area contributed by atoms with E-state index in [0.29, 0.717) is 22.0 Å². The van der Waals surface area contributed by atoms with Crippen molar-refractivity contribution in [3.63, 3.8) is 0 Å². The Labute approximate surface area is 154 Å². The summed E-state index contributed by atoms with van der Waals surface area (Å²) >= 11 is 1.27. The normalized spacial score (nSPS) is 10.2. The van der Waals surface area contributed by atoms with Crippen LogP contribution in [0.4, 0.5) is 0 Å². The van der Waals surface area contributed by atoms with Crippen LogP contribution in [-0.4, -0.2) is 28.9 Å². The topological polar surface area (TPSA) is 93.2 Å². The second-order valence-electron chi connectivity index (χ2n) is 5.30. The van der Waals surface area contributed by atoms with Crippen LogP contribution in [0, 0.1) is 6.92 Å². The maximum Gasteiger partial charge on any atom is 0.281 e. The van der Waals surface area contributed by atoms with Crippen molar-refractivity contribution in [1.29, 1.82) is 0 Å². The Morgan fingerprint density at radius 2 is 1.77 bits per heavy atom. The number of nitrogens with one attached hydrogen (secondary N) is 2. The number of methoxy groups -OCH3 is 1. The fourth-order valence-electron chi connectivity index (χ4n) is 2.19. The summed E-state index contributed by atoms with van der Waals surface area (Å²) in [6.45, 7) is 1.76. The number of rotatable bonds is 4. The van der Waals surface area contributed by atoms with E-state index in [1.165, 1.54) is 24.6 Å². The van der Waals surface area contributed by atoms with E-state index in [-0.39, 0.29) is 0 Å². The van der Waals surface area contributed by atoms with Gasteiger partial charge >= 0.3 is 0 Å². The molecule has 26 heavy (non-hydrogen) atoms. The monoisotopic (exact) mass is 368 g/mol. The molecule has 0 fully saturated rings. The minimum absolute atomic E-state index is 0.303. The Morgan fingerprint density at radius 1 is 1.04 bits per heavy atom. The highest BCUT2D eigenvalue weighted by molar-refractivity contribution is 7.17. The van der Waals surface area contributed by atoms with Crippen molar-refractivity contribution in [2.75, 3.05) is 7.11 Å². The molecule has 0 saturated heterocycles. The second-order valence-corrected chi connectivity index (χ2v) is 6.30. The number of hydrazine groups is 1. The van der Waals surface area contributed by atoms with Crippen LogP contribution < -0.4 is 15.6 Å². The van der Waals surface area contributed by atoms with Gasteiger partial charge in [0.1, 0.15) is 9.88 Å². The fraction of sp³-hybridized carbons (Fsp3) is 0.111. The van der Waals surface area contributed by atoms with Crippen molar-refractivity contribution in [1.82, 2.24) is 20.8 Å². The van der Waals surface area contributed by atoms with Crippen LogP contribution in [0.5, 0.6) is 5.88 Å². The predicted molar refractivity (Wildman–Crippen MR) is 98.0 cm³/mol. The number of aromatic nitrogens is 2. The van der Waals surface area contributed by atoms with Gasteiger partial charge < -0.3 is 4.74 Å². The molecule has 0 atom stereocenters. The molecule has 0 bridgehead atoms. The second kappa shape index (κ2) is 7.75. The van der Waals surface area contributed by atoms with Crippen molar-refractivity contribution in [2.24, 2.45) is 0 Å². The van der Waals surface area contributed by atoms with Gasteiger partial charge in [-0.2, -0.15) is 0 Å². The van der Waals surface area contributed by atoms with Crippen molar-refractivity contribution < 1.29 is 14.3 Å². The molecule has 3 aromatic rings. The molecule has 7 nitrogen and oxygen atoms in total. The number of ether oxygens (including phenoxy) is 1. The van der Waals surface area contributed by atoms with Crippen LogP contribution in [0.1, 0.15) is 25.7 Å². The summed E-state index contributed by atoms with van der Waals surface area (Å²) in [6.07, 6.45) is 1.37. The number of hydrogen-bond acceptors (Lipinski definition) is 6. The van der Waals surface area contributed by atoms with Crippen LogP contribution in [0.3, 0.4) is 0 Å². The van der Waals surface area contributed by atoms with Gasteiger partial charge in [-0.05, 0) is 13.0 Å². The van der Waals surface area contributed by atoms with E-state index in [9.17, 15) is 9.59 Å². The van der Waals surface area contributed by atoms with Crippen LogP contribution >= 0.6 is 11.3 Å². The first-order valence-corrected chi connectivity index (χ1v) is 8.53. The van der Waals surface area contributed by atoms with Crippen molar-refractivity contribution in [3.8, 4) is 16.5 Å². The number of thiazole rings is 1. The molecule has 0 saturated carbocycles. The first-order valence-electron chi connectivity index (χ1n) is 7.72. The number of pyridine rings is 1. The predicted octanol–water partition coefficient (Wildman–Crippen LogP) is 2.60. The molecule has 1 aromatic carbocycles. The smallest absolute Gasteiger partial charge is 0.281 e. The zero-order chi connectivity index (χ0) is 18.5. The molecule has 0 aliphatic rings. The summed E-state index contributed by atoms with van der Waals surface area (Å²) in [5, 5.41) is 0.749. The number of nitrogens with zero attached hydrogens (tertiary/aromatic N) is 2. The quantitative estimate of drug-likeness (QED) is 0.691. The van der Waals surface area contributed by atoms with Gasteiger partial charge in [-0.3, -0.25) is 20.4 Å². The average molecular weight is 368 g/mol. The average Bonchev–Trinajstić information content (AvgIpc) is 3.08. The van der Waals surface area contributed by atoms with Gasteiger partial charge in [0.15, 0.2) is 0 Å². The Kier molecular flexibility index (Phi) is 5.23. The molecular weight excluding hydrogens is 352 g/mol. The van der Waals surface area contributed by atoms with E-state index in [1.807, 2.05) is 30.3 Å². The molecule has 0 aliphatic carbocycles. The molecule has 2 heterocycles. The fourth-order valence-corrected chi connectivity index (χ4v) is 3.16. The molecule has 0 radical (unpaired) electrons. The lowest BCUT2D eigenvalue weighted by Crippen LogP contribution is -2.41. The van der Waals surface area contributed by atoms with E-state index in [4.69, 9.17) is 4.74 Å². The zero-order valence-electron chi connectivity index (χ0n) is 14.1. The van der Waals surface area contributed by atoms with Gasteiger partial charge in [0.2, 0.25) is 5.88 Å². The van der Waals surface area contributed by atoms with Gasteiger partial charge in [0.25, 0.3) is 11.8 Å². The molecule has 8 heteroatoms. The maximum atomic E-state index is 12.4. The highest BCUT2D eigenvalue weighted by Crippen LogP contribution is 2.27. The number of carbonyl (C=O) groups excluding carboxylic acids is 2. The lowest BCUT2D eigenvalue weighted by atomic mass is 10.2. The molecule has 3 rings (SSSR count). The van der Waals surface area contributed by atoms with E-state index in [1.54, 1.807) is 19.1 Å². The number of amides is 2. The standard InChI is InChI=1S/C18H16N4O3S/c1-11-15(26-18(20-11)12-6-4-3-5-7-12)17(24)22-21-16(23)13-8-9-14(25-2)19-10-13/h3-10H,1-2H3,(H,21,23)(H,22,24). The summed E-state index contributed by atoms with van der Waals surface area (Å²) in [7, 11) is 1.49. The van der Waals surface area contributed by atoms with Crippen molar-refractivity contribution >= 4 is 23.2 Å². The first kappa shape index (κ1) is 17.6. The highest BCUT2D eigenvalue weighted by atomic mass is 32.1. The van der Waals surface area contributed by atoms with Gasteiger partial charge in [0.05, 0.1) is 18.4 Å². The molecule has 0 unspecified atom stereocenters. The van der Waals surface area contributed by atoms with Gasteiger partial charge in [-0.1, -0.05) is 30.3 Å². The van der Waals surface area contributed by atoms with E-state index >= 15 is 0 Å². The zero-order valence-corrected chi connectivity index (χ0v) is 15.0. The van der Waals surface area contributed by atoms with Crippen LogP contribution in [0.25, 0.3) is 10.6 Å². The summed E-state index contributed by atoms with van der Waals surface area (Å²) < 4.78 is 4.94. The maximum absolute atomic E-state index is 12.4. The van der Waals surface area contributed by atoms with Gasteiger partial charge in [0, 0.05) is 17.8 Å². The Morgan fingerprint density at radius 3 is 2.42 bits per heavy atom. The SMILES string of the molecule is COc1ccc(C(=O)NNC(=O)c2sc(-c3ccccc3)nc2C)cn1. The minimum atomic E-state index is -0.473. The van der Waals surface area contributed by atoms with E-state index in [2.05, 4.69) is 20.8 Å². The highest BCUT2D eigenvalue weighted by Gasteiger charge is 2.17. The summed E-state index contributed by atoms with van der Waals surface area (Å²) in [5.41, 5.74) is 6.62. The van der Waals surface area contributed by atoms with Crippen LogP contribution in [0.2, 0.25) is 0 Å². The van der Waals surface area contributed by atoms with E-state index < -0.39 is 11.8 Å². The Hall–Kier alpha value is -3.26. The molecule has 2 N–H and O–H groups in total. The first-order chi connectivity index (χ1) is 12.6. The summed E-state index contributed by atoms with van der Waals surface area (Å²) in [5.74, 6) is -0.490. The van der Waals surface area contributed by atoms with Gasteiger partial charge in [-0.25, -0.2) is 9.97 Å². The van der Waals surface area contributed by atoms with Crippen LogP contribution in [-0.2, 0) is 0 Å². The molecule has 0 aliphatic heterocycles. The van der Waals surface area contributed by atoms with Crippen molar-refractivity contribution in [2.45, 2.75) is 6.92 Å². The third-order valence-corrected chi connectivity index (χ3v) is 4.73. The Bertz CT molecular complexity index is 923. The molecule has 0 spiro atoms. The number of hydrogen-bond donors (Lipinski definition) is 2. The molecule has 2 amide bonds. The van der Waals surface area contributed by atoms with Crippen LogP contribution in [0.15, 0.2) is 48.7 Å². The Balaban J connectivity index is 1.66. The lowest BCUT2D eigenvalue weighted by Gasteiger charge is -2.06. The summed E-state index contributed by atoms with van der Waals surface area (Å²) in [4.78, 5) is 33.2. The van der Waals surface area contributed by atoms with E-state index in [0.717, 1.165) is 10.6 Å². The van der Waals surface area contributed by atoms with Crippen molar-refractivity contribution in [3.05, 3.63) is 64.8 Å².